The molecule has 0 aliphatic heterocycles. The highest BCUT2D eigenvalue weighted by atomic mass is 14.5. The van der Waals surface area contributed by atoms with Gasteiger partial charge in [0.1, 0.15) is 0 Å². The molecule has 0 spiro atoms. The van der Waals surface area contributed by atoms with Crippen molar-refractivity contribution in [3.63, 3.8) is 0 Å². The van der Waals surface area contributed by atoms with Crippen molar-refractivity contribution < 1.29 is 1.37 Å². The molecule has 2 aromatic rings. The predicted molar refractivity (Wildman–Crippen MR) is 56.3 cm³/mol. The first-order valence-electron chi connectivity index (χ1n) is 4.69. The maximum absolute atomic E-state index is 7.77. The van der Waals surface area contributed by atoms with E-state index < -0.39 is 0 Å². The van der Waals surface area contributed by atoms with Gasteiger partial charge in [0.2, 0.25) is 0 Å². The molecule has 2 N–H and O–H groups in total. The minimum atomic E-state index is 0.469. The molecule has 2 aromatic carbocycles. The molecule has 0 bridgehead atoms. The van der Waals surface area contributed by atoms with Crippen LogP contribution in [-0.2, 0) is 0 Å². The molecule has 0 amide bonds. The summed E-state index contributed by atoms with van der Waals surface area (Å²) >= 11 is 0. The molecule has 0 aliphatic carbocycles. The highest BCUT2D eigenvalue weighted by Crippen LogP contribution is 2.19. The Bertz CT molecular complexity index is 437. The quantitative estimate of drug-likeness (QED) is 0.654. The van der Waals surface area contributed by atoms with E-state index in [-0.39, 0.29) is 0 Å². The van der Waals surface area contributed by atoms with Crippen molar-refractivity contribution in [1.82, 2.24) is 0 Å². The maximum Gasteiger partial charge on any atom is 0.0630 e. The summed E-state index contributed by atoms with van der Waals surface area (Å²) in [5.41, 5.74) is 8.19. The van der Waals surface area contributed by atoms with Crippen LogP contribution < -0.4 is 5.73 Å². The van der Waals surface area contributed by atoms with Gasteiger partial charge < -0.3 is 5.73 Å². The molecular formula is C12H11N. The van der Waals surface area contributed by atoms with E-state index in [1.165, 1.54) is 0 Å². The first-order chi connectivity index (χ1) is 6.77. The van der Waals surface area contributed by atoms with Crippen molar-refractivity contribution in [1.29, 1.82) is 0 Å². The molecule has 1 nitrogen and oxygen atoms in total. The van der Waals surface area contributed by atoms with Crippen LogP contribution in [0.3, 0.4) is 0 Å². The second kappa shape index (κ2) is 3.31. The molecule has 2 rings (SSSR count). The predicted octanol–water partition coefficient (Wildman–Crippen LogP) is 2.94. The van der Waals surface area contributed by atoms with Gasteiger partial charge in [-0.15, -0.1) is 0 Å². The van der Waals surface area contributed by atoms with Gasteiger partial charge in [0.15, 0.2) is 0 Å². The molecule has 13 heavy (non-hydrogen) atoms. The Morgan fingerprint density at radius 3 is 2.31 bits per heavy atom. The van der Waals surface area contributed by atoms with Crippen molar-refractivity contribution in [2.75, 3.05) is 5.73 Å². The number of anilines is 1. The van der Waals surface area contributed by atoms with Crippen LogP contribution >= 0.6 is 0 Å². The standard InChI is InChI=1S/C12H11N/c13-12-8-6-11(7-9-12)10-4-2-1-3-5-10/h1-9H,13H2/i6D. The SMILES string of the molecule is [2H]c1cc(N)ccc1-c1ccccc1. The van der Waals surface area contributed by atoms with E-state index in [1.807, 2.05) is 42.5 Å². The first-order valence-corrected chi connectivity index (χ1v) is 4.19. The third-order valence-corrected chi connectivity index (χ3v) is 1.92. The molecule has 0 saturated carbocycles. The molecule has 0 unspecified atom stereocenters. The second-order valence-electron chi connectivity index (χ2n) is 2.90. The van der Waals surface area contributed by atoms with Gasteiger partial charge in [0.05, 0.1) is 1.37 Å². The van der Waals surface area contributed by atoms with E-state index in [9.17, 15) is 0 Å². The molecule has 0 saturated heterocycles. The van der Waals surface area contributed by atoms with Crippen LogP contribution in [0.4, 0.5) is 5.69 Å². The van der Waals surface area contributed by atoms with Gasteiger partial charge in [0, 0.05) is 5.69 Å². The largest absolute Gasteiger partial charge is 0.399 e. The lowest BCUT2D eigenvalue weighted by Gasteiger charge is -2.00. The Morgan fingerprint density at radius 1 is 0.846 bits per heavy atom. The lowest BCUT2D eigenvalue weighted by molar-refractivity contribution is 1.61. The summed E-state index contributed by atoms with van der Waals surface area (Å²) < 4.78 is 7.77. The molecule has 0 fully saturated rings. The minimum Gasteiger partial charge on any atom is -0.399 e. The molecule has 0 radical (unpaired) electrons. The van der Waals surface area contributed by atoms with Crippen molar-refractivity contribution in [2.24, 2.45) is 0 Å². The molecule has 1 heteroatoms. The molecule has 0 aliphatic rings. The van der Waals surface area contributed by atoms with Gasteiger partial charge in [-0.05, 0) is 23.3 Å². The minimum absolute atomic E-state index is 0.469. The van der Waals surface area contributed by atoms with Crippen LogP contribution in [-0.4, -0.2) is 0 Å². The lowest BCUT2D eigenvalue weighted by Crippen LogP contribution is -1.83. The summed E-state index contributed by atoms with van der Waals surface area (Å²) in [6, 6.07) is 15.7. The summed E-state index contributed by atoms with van der Waals surface area (Å²) in [6.45, 7) is 0. The molecule has 0 atom stereocenters. The fourth-order valence-electron chi connectivity index (χ4n) is 1.23. The zero-order valence-electron chi connectivity index (χ0n) is 8.20. The van der Waals surface area contributed by atoms with E-state index >= 15 is 0 Å². The van der Waals surface area contributed by atoms with Crippen molar-refractivity contribution >= 4 is 5.69 Å². The van der Waals surface area contributed by atoms with Crippen LogP contribution in [0, 0.1) is 0 Å². The van der Waals surface area contributed by atoms with Crippen LogP contribution in [0.5, 0.6) is 0 Å². The zero-order valence-corrected chi connectivity index (χ0v) is 7.20. The normalized spacial score (nSPS) is 10.9. The Morgan fingerprint density at radius 2 is 1.62 bits per heavy atom. The van der Waals surface area contributed by atoms with Crippen LogP contribution in [0.2, 0.25) is 0 Å². The third kappa shape index (κ3) is 1.70. The van der Waals surface area contributed by atoms with Crippen molar-refractivity contribution in [2.45, 2.75) is 0 Å². The van der Waals surface area contributed by atoms with E-state index in [0.717, 1.165) is 11.1 Å². The van der Waals surface area contributed by atoms with Gasteiger partial charge in [-0.25, -0.2) is 0 Å². The van der Waals surface area contributed by atoms with E-state index in [4.69, 9.17) is 7.10 Å². The fraction of sp³-hybridized carbons (Fsp3) is 0. The number of benzene rings is 2. The lowest BCUT2D eigenvalue weighted by atomic mass is 10.1. The monoisotopic (exact) mass is 170 g/mol. The zero-order chi connectivity index (χ0) is 9.97. The van der Waals surface area contributed by atoms with Gasteiger partial charge in [-0.3, -0.25) is 0 Å². The Hall–Kier alpha value is -1.76. The average molecular weight is 170 g/mol. The third-order valence-electron chi connectivity index (χ3n) is 1.92. The van der Waals surface area contributed by atoms with Crippen molar-refractivity contribution in [3.8, 4) is 11.1 Å². The molecule has 64 valence electrons. The summed E-state index contributed by atoms with van der Waals surface area (Å²) in [5.74, 6) is 0. The fourth-order valence-corrected chi connectivity index (χ4v) is 1.23. The van der Waals surface area contributed by atoms with E-state index in [0.29, 0.717) is 11.7 Å². The Kier molecular flexibility index (Phi) is 1.71. The van der Waals surface area contributed by atoms with Gasteiger partial charge in [0.25, 0.3) is 0 Å². The van der Waals surface area contributed by atoms with Gasteiger partial charge in [-0.2, -0.15) is 0 Å². The number of nitrogens with two attached hydrogens (primary N) is 1. The van der Waals surface area contributed by atoms with Gasteiger partial charge in [-0.1, -0.05) is 42.4 Å². The molecular weight excluding hydrogens is 158 g/mol. The summed E-state index contributed by atoms with van der Waals surface area (Å²) in [4.78, 5) is 0. The van der Waals surface area contributed by atoms with Crippen LogP contribution in [0.1, 0.15) is 1.37 Å². The van der Waals surface area contributed by atoms with Gasteiger partial charge >= 0.3 is 0 Å². The van der Waals surface area contributed by atoms with Crippen LogP contribution in [0.25, 0.3) is 11.1 Å². The maximum atomic E-state index is 7.77. The summed E-state index contributed by atoms with van der Waals surface area (Å²) in [5, 5.41) is 0. The Balaban J connectivity index is 2.53. The van der Waals surface area contributed by atoms with E-state index in [2.05, 4.69) is 0 Å². The molecule has 0 heterocycles. The summed E-state index contributed by atoms with van der Waals surface area (Å²) in [7, 11) is 0. The van der Waals surface area contributed by atoms with Crippen molar-refractivity contribution in [3.05, 3.63) is 54.6 Å². The Labute approximate surface area is 79.2 Å². The van der Waals surface area contributed by atoms with Crippen LogP contribution in [0.15, 0.2) is 54.6 Å². The summed E-state index contributed by atoms with van der Waals surface area (Å²) in [6.07, 6.45) is 0. The second-order valence-corrected chi connectivity index (χ2v) is 2.90. The van der Waals surface area contributed by atoms with E-state index in [1.54, 1.807) is 6.07 Å². The number of hydrogen-bond acceptors (Lipinski definition) is 1. The smallest absolute Gasteiger partial charge is 0.0630 e. The first kappa shape index (κ1) is 6.72. The number of nitrogen functional groups attached to an aromatic ring is 1. The number of hydrogen-bond donors (Lipinski definition) is 1. The molecule has 0 aromatic heterocycles. The highest BCUT2D eigenvalue weighted by Gasteiger charge is 1.94. The average Bonchev–Trinajstić information content (AvgIpc) is 2.19. The number of rotatable bonds is 1. The topological polar surface area (TPSA) is 26.0 Å². The highest BCUT2D eigenvalue weighted by molar-refractivity contribution is 5.65.